The Balaban J connectivity index is 1.56. The minimum Gasteiger partial charge on any atom is -0.497 e. The first kappa shape index (κ1) is 23.6. The van der Waals surface area contributed by atoms with Gasteiger partial charge in [0.25, 0.3) is 0 Å². The summed E-state index contributed by atoms with van der Waals surface area (Å²) < 4.78 is 7.17. The van der Waals surface area contributed by atoms with E-state index < -0.39 is 0 Å². The van der Waals surface area contributed by atoms with Crippen molar-refractivity contribution in [3.63, 3.8) is 0 Å². The highest BCUT2D eigenvalue weighted by Crippen LogP contribution is 2.31. The molecule has 2 heterocycles. The van der Waals surface area contributed by atoms with E-state index in [1.165, 1.54) is 11.8 Å². The Bertz CT molecular complexity index is 1250. The Labute approximate surface area is 209 Å². The number of thiophene rings is 1. The maximum absolute atomic E-state index is 12.4. The Morgan fingerprint density at radius 3 is 2.79 bits per heavy atom. The highest BCUT2D eigenvalue weighted by atomic mass is 35.5. The van der Waals surface area contributed by atoms with Crippen LogP contribution in [-0.2, 0) is 23.5 Å². The lowest BCUT2D eigenvalue weighted by atomic mass is 10.2. The fraction of sp³-hybridized carbons (Fsp3) is 0.174. The quantitative estimate of drug-likeness (QED) is 0.283. The van der Waals surface area contributed by atoms with Crippen molar-refractivity contribution in [3.05, 3.63) is 86.3 Å². The predicted octanol–water partition coefficient (Wildman–Crippen LogP) is 5.80. The molecule has 2 aromatic carbocycles. The highest BCUT2D eigenvalue weighted by Gasteiger charge is 2.18. The molecule has 2 aromatic heterocycles. The second-order valence-corrected chi connectivity index (χ2v) is 9.82. The number of ether oxygens (including phenoxy) is 1. The molecule has 0 radical (unpaired) electrons. The molecule has 1 amide bonds. The maximum Gasteiger partial charge on any atom is 0.225 e. The van der Waals surface area contributed by atoms with Crippen LogP contribution in [0.5, 0.6) is 5.75 Å². The number of thioether (sulfide) groups is 1. The van der Waals surface area contributed by atoms with Crippen molar-refractivity contribution < 1.29 is 9.53 Å². The van der Waals surface area contributed by atoms with Crippen molar-refractivity contribution in [2.24, 2.45) is 0 Å². The molecular formula is C23H20Cl2N4O2S2. The van der Waals surface area contributed by atoms with E-state index in [1.54, 1.807) is 30.6 Å². The van der Waals surface area contributed by atoms with Gasteiger partial charge >= 0.3 is 0 Å². The zero-order chi connectivity index (χ0) is 23.2. The molecule has 0 aliphatic rings. The summed E-state index contributed by atoms with van der Waals surface area (Å²) in [6.07, 6.45) is 0.324. The number of amides is 1. The second kappa shape index (κ2) is 11.1. The van der Waals surface area contributed by atoms with Crippen LogP contribution < -0.4 is 10.1 Å². The fourth-order valence-electron chi connectivity index (χ4n) is 3.13. The van der Waals surface area contributed by atoms with Crippen molar-refractivity contribution in [3.8, 4) is 11.4 Å². The van der Waals surface area contributed by atoms with Crippen LogP contribution in [0.4, 0.5) is 0 Å². The number of nitrogens with one attached hydrogen (secondary N) is 1. The molecule has 0 saturated carbocycles. The summed E-state index contributed by atoms with van der Waals surface area (Å²) in [4.78, 5) is 13.4. The van der Waals surface area contributed by atoms with Crippen molar-refractivity contribution in [2.45, 2.75) is 23.9 Å². The van der Waals surface area contributed by atoms with E-state index in [1.807, 2.05) is 52.4 Å². The smallest absolute Gasteiger partial charge is 0.225 e. The van der Waals surface area contributed by atoms with Crippen molar-refractivity contribution >= 4 is 52.2 Å². The molecule has 170 valence electrons. The minimum atomic E-state index is -0.0835. The van der Waals surface area contributed by atoms with Crippen LogP contribution in [-0.4, -0.2) is 27.8 Å². The van der Waals surface area contributed by atoms with Crippen molar-refractivity contribution in [1.29, 1.82) is 0 Å². The van der Waals surface area contributed by atoms with Crippen LogP contribution in [0, 0.1) is 0 Å². The molecular weight excluding hydrogens is 499 g/mol. The molecule has 0 spiro atoms. The van der Waals surface area contributed by atoms with Gasteiger partial charge in [-0.3, -0.25) is 9.36 Å². The molecule has 0 aliphatic heterocycles. The summed E-state index contributed by atoms with van der Waals surface area (Å²) in [7, 11) is 1.64. The first-order valence-corrected chi connectivity index (χ1v) is 12.6. The van der Waals surface area contributed by atoms with E-state index in [0.29, 0.717) is 38.9 Å². The topological polar surface area (TPSA) is 69.0 Å². The molecule has 1 N–H and O–H groups in total. The lowest BCUT2D eigenvalue weighted by Gasteiger charge is -2.13. The number of carbonyl (C=O) groups excluding carboxylic acids is 1. The largest absolute Gasteiger partial charge is 0.497 e. The first-order chi connectivity index (χ1) is 16.0. The standard InChI is InChI=1S/C23H20Cl2N4O2S2/c1-31-17-5-2-4-15(10-17)14-33-23-28-27-21(13-26-22(30)12-18-6-3-9-32-18)29(23)20-8-7-16(24)11-19(20)25/h2-11H,12-14H2,1H3,(H,26,30). The number of carbonyl (C=O) groups is 1. The molecule has 33 heavy (non-hydrogen) atoms. The zero-order valence-electron chi connectivity index (χ0n) is 17.6. The number of halogens is 2. The summed E-state index contributed by atoms with van der Waals surface area (Å²) in [5.41, 5.74) is 1.78. The number of nitrogens with zero attached hydrogens (tertiary/aromatic N) is 3. The third-order valence-corrected chi connectivity index (χ3v) is 7.13. The fourth-order valence-corrected chi connectivity index (χ4v) is 5.24. The average molecular weight is 519 g/mol. The Kier molecular flexibility index (Phi) is 7.93. The molecule has 6 nitrogen and oxygen atoms in total. The van der Waals surface area contributed by atoms with Crippen LogP contribution in [0.1, 0.15) is 16.3 Å². The summed E-state index contributed by atoms with van der Waals surface area (Å²) >= 11 is 15.7. The van der Waals surface area contributed by atoms with E-state index in [-0.39, 0.29) is 12.5 Å². The number of methoxy groups -OCH3 is 1. The highest BCUT2D eigenvalue weighted by molar-refractivity contribution is 7.98. The van der Waals surface area contributed by atoms with Crippen LogP contribution in [0.3, 0.4) is 0 Å². The molecule has 4 aromatic rings. The molecule has 4 rings (SSSR count). The van der Waals surface area contributed by atoms with Crippen LogP contribution in [0.15, 0.2) is 65.1 Å². The Hall–Kier alpha value is -2.52. The monoisotopic (exact) mass is 518 g/mol. The van der Waals surface area contributed by atoms with Gasteiger partial charge in [0, 0.05) is 15.7 Å². The molecule has 0 bridgehead atoms. The van der Waals surface area contributed by atoms with Crippen LogP contribution >= 0.6 is 46.3 Å². The second-order valence-electron chi connectivity index (χ2n) is 7.00. The van der Waals surface area contributed by atoms with Gasteiger partial charge in [0.15, 0.2) is 11.0 Å². The average Bonchev–Trinajstić information content (AvgIpc) is 3.46. The van der Waals surface area contributed by atoms with E-state index in [9.17, 15) is 4.79 Å². The summed E-state index contributed by atoms with van der Waals surface area (Å²) in [6.45, 7) is 0.218. The van der Waals surface area contributed by atoms with Gasteiger partial charge in [0.05, 0.1) is 30.8 Å². The third-order valence-electron chi connectivity index (χ3n) is 4.71. The van der Waals surface area contributed by atoms with Gasteiger partial charge in [-0.15, -0.1) is 21.5 Å². The number of hydrogen-bond acceptors (Lipinski definition) is 6. The lowest BCUT2D eigenvalue weighted by Crippen LogP contribution is -2.26. The molecule has 0 atom stereocenters. The van der Waals surface area contributed by atoms with Gasteiger partial charge in [-0.05, 0) is 47.3 Å². The Morgan fingerprint density at radius 2 is 2.03 bits per heavy atom. The molecule has 10 heteroatoms. The van der Waals surface area contributed by atoms with Gasteiger partial charge in [-0.25, -0.2) is 0 Å². The van der Waals surface area contributed by atoms with E-state index in [0.717, 1.165) is 16.2 Å². The first-order valence-electron chi connectivity index (χ1n) is 9.98. The van der Waals surface area contributed by atoms with Gasteiger partial charge in [0.1, 0.15) is 5.75 Å². The van der Waals surface area contributed by atoms with E-state index in [2.05, 4.69) is 15.5 Å². The maximum atomic E-state index is 12.4. The van der Waals surface area contributed by atoms with Gasteiger partial charge < -0.3 is 10.1 Å². The molecule has 0 fully saturated rings. The van der Waals surface area contributed by atoms with Crippen molar-refractivity contribution in [1.82, 2.24) is 20.1 Å². The van der Waals surface area contributed by atoms with E-state index >= 15 is 0 Å². The normalized spacial score (nSPS) is 10.9. The number of aromatic nitrogens is 3. The summed E-state index contributed by atoms with van der Waals surface area (Å²) in [5, 5.41) is 15.2. The number of benzene rings is 2. The van der Waals surface area contributed by atoms with E-state index in [4.69, 9.17) is 27.9 Å². The van der Waals surface area contributed by atoms with Crippen molar-refractivity contribution in [2.75, 3.05) is 7.11 Å². The lowest BCUT2D eigenvalue weighted by molar-refractivity contribution is -0.120. The SMILES string of the molecule is COc1cccc(CSc2nnc(CNC(=O)Cc3cccs3)n2-c2ccc(Cl)cc2Cl)c1. The van der Waals surface area contributed by atoms with Gasteiger partial charge in [0.2, 0.25) is 5.91 Å². The Morgan fingerprint density at radius 1 is 1.15 bits per heavy atom. The molecule has 0 aliphatic carbocycles. The predicted molar refractivity (Wildman–Crippen MR) is 134 cm³/mol. The summed E-state index contributed by atoms with van der Waals surface area (Å²) in [6, 6.07) is 17.0. The van der Waals surface area contributed by atoms with Crippen LogP contribution in [0.25, 0.3) is 5.69 Å². The summed E-state index contributed by atoms with van der Waals surface area (Å²) in [5.74, 6) is 1.95. The number of rotatable bonds is 9. The van der Waals surface area contributed by atoms with Gasteiger partial charge in [-0.2, -0.15) is 0 Å². The minimum absolute atomic E-state index is 0.0835. The molecule has 0 unspecified atom stereocenters. The molecule has 0 saturated heterocycles. The third kappa shape index (κ3) is 6.09. The van der Waals surface area contributed by atoms with Gasteiger partial charge in [-0.1, -0.05) is 53.2 Å². The zero-order valence-corrected chi connectivity index (χ0v) is 20.8. The van der Waals surface area contributed by atoms with Crippen LogP contribution in [0.2, 0.25) is 10.0 Å². The number of hydrogen-bond donors (Lipinski definition) is 1.